The molecular weight excluding hydrogens is 334 g/mol. The third-order valence-corrected chi connectivity index (χ3v) is 5.35. The van der Waals surface area contributed by atoms with Crippen molar-refractivity contribution < 1.29 is 9.59 Å². The number of hydrogen-bond acceptors (Lipinski definition) is 4. The number of fused-ring (bicyclic) bond motifs is 1. The maximum atomic E-state index is 12.6. The highest BCUT2D eigenvalue weighted by Crippen LogP contribution is 2.30. The molecule has 0 saturated carbocycles. The average Bonchev–Trinajstić information content (AvgIpc) is 3.20. The van der Waals surface area contributed by atoms with Gasteiger partial charge in [-0.25, -0.2) is 4.98 Å². The number of thiazole rings is 1. The van der Waals surface area contributed by atoms with E-state index in [2.05, 4.69) is 10.3 Å². The molecule has 3 aromatic rings. The SMILES string of the molecule is Cc1cccc2sc(NC(=O)[C@H]3CC(=O)N(c4ccccc4)C3)nc12. The summed E-state index contributed by atoms with van der Waals surface area (Å²) in [5.41, 5.74) is 2.83. The van der Waals surface area contributed by atoms with Gasteiger partial charge >= 0.3 is 0 Å². The summed E-state index contributed by atoms with van der Waals surface area (Å²) in [6, 6.07) is 15.4. The zero-order valence-electron chi connectivity index (χ0n) is 13.7. The first-order valence-corrected chi connectivity index (χ1v) is 8.96. The van der Waals surface area contributed by atoms with Gasteiger partial charge in [0, 0.05) is 18.7 Å². The molecule has 0 radical (unpaired) electrons. The topological polar surface area (TPSA) is 62.3 Å². The fourth-order valence-corrected chi connectivity index (χ4v) is 4.03. The van der Waals surface area contributed by atoms with Crippen molar-refractivity contribution in [2.75, 3.05) is 16.8 Å². The second-order valence-electron chi connectivity index (χ2n) is 6.17. The summed E-state index contributed by atoms with van der Waals surface area (Å²) in [5, 5.41) is 3.47. The molecule has 25 heavy (non-hydrogen) atoms. The number of para-hydroxylation sites is 2. The van der Waals surface area contributed by atoms with Crippen molar-refractivity contribution in [2.45, 2.75) is 13.3 Å². The third kappa shape index (κ3) is 3.00. The smallest absolute Gasteiger partial charge is 0.231 e. The summed E-state index contributed by atoms with van der Waals surface area (Å²) in [5.74, 6) is -0.532. The van der Waals surface area contributed by atoms with Crippen LogP contribution in [0.25, 0.3) is 10.2 Å². The van der Waals surface area contributed by atoms with Crippen molar-refractivity contribution in [1.29, 1.82) is 0 Å². The fourth-order valence-electron chi connectivity index (χ4n) is 3.09. The van der Waals surface area contributed by atoms with Crippen LogP contribution in [0.15, 0.2) is 48.5 Å². The lowest BCUT2D eigenvalue weighted by Gasteiger charge is -2.16. The summed E-state index contributed by atoms with van der Waals surface area (Å²) < 4.78 is 1.05. The number of carbonyl (C=O) groups is 2. The van der Waals surface area contributed by atoms with Gasteiger partial charge in [-0.2, -0.15) is 0 Å². The molecule has 2 heterocycles. The number of anilines is 2. The van der Waals surface area contributed by atoms with Crippen LogP contribution in [0.2, 0.25) is 0 Å². The Morgan fingerprint density at radius 3 is 2.76 bits per heavy atom. The van der Waals surface area contributed by atoms with Crippen LogP contribution in [-0.2, 0) is 9.59 Å². The van der Waals surface area contributed by atoms with Crippen molar-refractivity contribution in [3.63, 3.8) is 0 Å². The van der Waals surface area contributed by atoms with E-state index in [0.717, 1.165) is 21.5 Å². The standard InChI is InChI=1S/C19H17N3O2S/c1-12-6-5-9-15-17(12)20-19(25-15)21-18(24)13-10-16(23)22(11-13)14-7-3-2-4-8-14/h2-9,13H,10-11H2,1H3,(H,20,21,24)/t13-/m0/s1. The first kappa shape index (κ1) is 15.8. The number of aromatic nitrogens is 1. The normalized spacial score (nSPS) is 17.2. The van der Waals surface area contributed by atoms with E-state index in [1.54, 1.807) is 4.90 Å². The minimum Gasteiger partial charge on any atom is -0.312 e. The zero-order valence-corrected chi connectivity index (χ0v) is 14.5. The third-order valence-electron chi connectivity index (χ3n) is 4.41. The molecule has 2 amide bonds. The highest BCUT2D eigenvalue weighted by atomic mass is 32.1. The number of rotatable bonds is 3. The number of carbonyl (C=O) groups excluding carboxylic acids is 2. The summed E-state index contributed by atoms with van der Waals surface area (Å²) in [7, 11) is 0. The van der Waals surface area contributed by atoms with Crippen molar-refractivity contribution in [3.05, 3.63) is 54.1 Å². The summed E-state index contributed by atoms with van der Waals surface area (Å²) in [6.07, 6.45) is 0.227. The van der Waals surface area contributed by atoms with E-state index in [0.29, 0.717) is 11.7 Å². The Bertz CT molecular complexity index is 952. The zero-order chi connectivity index (χ0) is 17.4. The van der Waals surface area contributed by atoms with Gasteiger partial charge in [-0.05, 0) is 30.7 Å². The molecule has 1 saturated heterocycles. The molecule has 1 fully saturated rings. The van der Waals surface area contributed by atoms with Crippen LogP contribution in [0.3, 0.4) is 0 Å². The minimum atomic E-state index is -0.360. The van der Waals surface area contributed by atoms with Gasteiger partial charge in [0.05, 0.1) is 16.1 Å². The molecule has 1 atom stereocenters. The van der Waals surface area contributed by atoms with Crippen molar-refractivity contribution >= 4 is 44.2 Å². The quantitative estimate of drug-likeness (QED) is 0.784. The molecule has 5 nitrogen and oxygen atoms in total. The lowest BCUT2D eigenvalue weighted by Crippen LogP contribution is -2.28. The van der Waals surface area contributed by atoms with E-state index in [-0.39, 0.29) is 24.2 Å². The maximum Gasteiger partial charge on any atom is 0.231 e. The molecule has 126 valence electrons. The van der Waals surface area contributed by atoms with Crippen LogP contribution in [0.1, 0.15) is 12.0 Å². The van der Waals surface area contributed by atoms with E-state index in [1.807, 2.05) is 55.5 Å². The first-order chi connectivity index (χ1) is 12.1. The lowest BCUT2D eigenvalue weighted by molar-refractivity contribution is -0.122. The summed E-state index contributed by atoms with van der Waals surface area (Å²) in [6.45, 7) is 2.40. The maximum absolute atomic E-state index is 12.6. The Balaban J connectivity index is 1.49. The molecule has 0 aliphatic carbocycles. The molecule has 1 aliphatic rings. The molecule has 1 aliphatic heterocycles. The Kier molecular flexibility index (Phi) is 3.97. The molecule has 4 rings (SSSR count). The molecule has 1 aromatic heterocycles. The second kappa shape index (κ2) is 6.29. The summed E-state index contributed by atoms with van der Waals surface area (Å²) >= 11 is 1.45. The molecule has 0 spiro atoms. The van der Waals surface area contributed by atoms with Crippen LogP contribution in [0.5, 0.6) is 0 Å². The van der Waals surface area contributed by atoms with Gasteiger partial charge in [0.15, 0.2) is 5.13 Å². The van der Waals surface area contributed by atoms with Gasteiger partial charge < -0.3 is 10.2 Å². The minimum absolute atomic E-state index is 0.0218. The molecular formula is C19H17N3O2S. The molecule has 2 aromatic carbocycles. The number of nitrogens with zero attached hydrogens (tertiary/aromatic N) is 2. The predicted octanol–water partition coefficient (Wildman–Crippen LogP) is 3.60. The second-order valence-corrected chi connectivity index (χ2v) is 7.20. The van der Waals surface area contributed by atoms with E-state index in [4.69, 9.17) is 0 Å². The van der Waals surface area contributed by atoms with Crippen LogP contribution < -0.4 is 10.2 Å². The Labute approximate surface area is 149 Å². The first-order valence-electron chi connectivity index (χ1n) is 8.14. The van der Waals surface area contributed by atoms with E-state index in [9.17, 15) is 9.59 Å². The number of aryl methyl sites for hydroxylation is 1. The number of nitrogens with one attached hydrogen (secondary N) is 1. The van der Waals surface area contributed by atoms with Gasteiger partial charge in [0.25, 0.3) is 0 Å². The molecule has 0 bridgehead atoms. The van der Waals surface area contributed by atoms with Crippen molar-refractivity contribution in [2.24, 2.45) is 5.92 Å². The van der Waals surface area contributed by atoms with Gasteiger partial charge in [-0.15, -0.1) is 0 Å². The number of benzene rings is 2. The Morgan fingerprint density at radius 2 is 2.00 bits per heavy atom. The largest absolute Gasteiger partial charge is 0.312 e. The van der Waals surface area contributed by atoms with Gasteiger partial charge in [0.1, 0.15) is 0 Å². The fraction of sp³-hybridized carbons (Fsp3) is 0.211. The van der Waals surface area contributed by atoms with Crippen LogP contribution in [-0.4, -0.2) is 23.3 Å². The van der Waals surface area contributed by atoms with Crippen LogP contribution in [0, 0.1) is 12.8 Å². The highest BCUT2D eigenvalue weighted by molar-refractivity contribution is 7.22. The number of amides is 2. The Morgan fingerprint density at radius 1 is 1.20 bits per heavy atom. The lowest BCUT2D eigenvalue weighted by atomic mass is 10.1. The van der Waals surface area contributed by atoms with E-state index >= 15 is 0 Å². The average molecular weight is 351 g/mol. The molecule has 0 unspecified atom stereocenters. The van der Waals surface area contributed by atoms with E-state index in [1.165, 1.54) is 11.3 Å². The van der Waals surface area contributed by atoms with Crippen LogP contribution >= 0.6 is 11.3 Å². The van der Waals surface area contributed by atoms with Crippen molar-refractivity contribution in [3.8, 4) is 0 Å². The van der Waals surface area contributed by atoms with Crippen molar-refractivity contribution in [1.82, 2.24) is 4.98 Å². The van der Waals surface area contributed by atoms with E-state index < -0.39 is 0 Å². The van der Waals surface area contributed by atoms with Gasteiger partial charge in [-0.1, -0.05) is 41.7 Å². The van der Waals surface area contributed by atoms with Gasteiger partial charge in [0.2, 0.25) is 11.8 Å². The highest BCUT2D eigenvalue weighted by Gasteiger charge is 2.35. The predicted molar refractivity (Wildman–Crippen MR) is 99.9 cm³/mol. The van der Waals surface area contributed by atoms with Crippen LogP contribution in [0.4, 0.5) is 10.8 Å². The monoisotopic (exact) mass is 351 g/mol. The molecule has 1 N–H and O–H groups in total. The number of hydrogen-bond donors (Lipinski definition) is 1. The van der Waals surface area contributed by atoms with Gasteiger partial charge in [-0.3, -0.25) is 9.59 Å². The molecule has 6 heteroatoms. The summed E-state index contributed by atoms with van der Waals surface area (Å²) in [4.78, 5) is 31.0. The Hall–Kier alpha value is -2.73.